The highest BCUT2D eigenvalue weighted by Crippen LogP contribution is 2.16. The Hall–Kier alpha value is -0.870. The molecule has 2 heterocycles. The number of likely N-dealkylation sites (tertiary alicyclic amines) is 1. The maximum Gasteiger partial charge on any atom is 0.236 e. The van der Waals surface area contributed by atoms with E-state index in [1.54, 1.807) is 11.3 Å². The van der Waals surface area contributed by atoms with E-state index < -0.39 is 0 Å². The number of carbonyl (C=O) groups is 1. The number of rotatable bonds is 5. The summed E-state index contributed by atoms with van der Waals surface area (Å²) in [5, 5.41) is 2.09. The van der Waals surface area contributed by atoms with Crippen LogP contribution in [0.2, 0.25) is 0 Å². The third-order valence-corrected chi connectivity index (χ3v) is 4.64. The molecule has 0 aliphatic carbocycles. The number of nitrogens with zero attached hydrogens (tertiary/aromatic N) is 2. The van der Waals surface area contributed by atoms with Crippen LogP contribution >= 0.6 is 11.3 Å². The summed E-state index contributed by atoms with van der Waals surface area (Å²) in [6.07, 6.45) is 2.42. The Balaban J connectivity index is 1.85. The topological polar surface area (TPSA) is 23.6 Å². The number of hydrogen-bond acceptors (Lipinski definition) is 3. The lowest BCUT2D eigenvalue weighted by Crippen LogP contribution is -2.44. The quantitative estimate of drug-likeness (QED) is 0.828. The molecule has 0 spiro atoms. The van der Waals surface area contributed by atoms with Crippen molar-refractivity contribution >= 4 is 17.2 Å². The molecule has 1 saturated heterocycles. The summed E-state index contributed by atoms with van der Waals surface area (Å²) >= 11 is 1.76. The van der Waals surface area contributed by atoms with Crippen molar-refractivity contribution in [3.8, 4) is 0 Å². The van der Waals surface area contributed by atoms with Crippen LogP contribution in [-0.4, -0.2) is 41.9 Å². The summed E-state index contributed by atoms with van der Waals surface area (Å²) in [5.74, 6) is 0.954. The third-order valence-electron chi connectivity index (χ3n) is 3.78. The Morgan fingerprint density at radius 3 is 3.05 bits per heavy atom. The van der Waals surface area contributed by atoms with E-state index in [-0.39, 0.29) is 0 Å². The first-order valence-corrected chi connectivity index (χ1v) is 8.09. The van der Waals surface area contributed by atoms with Gasteiger partial charge in [-0.2, -0.15) is 0 Å². The van der Waals surface area contributed by atoms with Gasteiger partial charge in [-0.3, -0.25) is 9.69 Å². The number of piperidine rings is 1. The molecule has 4 heteroatoms. The Labute approximate surface area is 120 Å². The predicted octanol–water partition coefficient (Wildman–Crippen LogP) is 2.83. The second-order valence-corrected chi connectivity index (χ2v) is 6.50. The number of likely N-dealkylation sites (N-methyl/N-ethyl adjacent to an activating group) is 1. The molecular weight excluding hydrogens is 256 g/mol. The lowest BCUT2D eigenvalue weighted by Gasteiger charge is -2.32. The molecule has 0 saturated carbocycles. The first-order chi connectivity index (χ1) is 9.19. The molecule has 1 atom stereocenters. The van der Waals surface area contributed by atoms with Gasteiger partial charge < -0.3 is 4.90 Å². The average molecular weight is 280 g/mol. The molecule has 1 amide bonds. The third kappa shape index (κ3) is 4.32. The van der Waals surface area contributed by atoms with Gasteiger partial charge in [-0.1, -0.05) is 19.9 Å². The highest BCUT2D eigenvalue weighted by Gasteiger charge is 2.22. The zero-order valence-corrected chi connectivity index (χ0v) is 12.8. The van der Waals surface area contributed by atoms with Gasteiger partial charge in [-0.15, -0.1) is 11.3 Å². The molecule has 0 aromatic carbocycles. The minimum absolute atomic E-state index is 0.296. The lowest BCUT2D eigenvalue weighted by atomic mass is 10.0. The number of hydrogen-bond donors (Lipinski definition) is 0. The Morgan fingerprint density at radius 2 is 2.42 bits per heavy atom. The molecule has 3 nitrogen and oxygen atoms in total. The van der Waals surface area contributed by atoms with E-state index in [4.69, 9.17) is 0 Å². The summed E-state index contributed by atoms with van der Waals surface area (Å²) in [4.78, 5) is 17.9. The zero-order valence-electron chi connectivity index (χ0n) is 12.0. The van der Waals surface area contributed by atoms with Gasteiger partial charge in [0.15, 0.2) is 0 Å². The molecule has 106 valence electrons. The lowest BCUT2D eigenvalue weighted by molar-refractivity contribution is -0.134. The fraction of sp³-hybridized carbons (Fsp3) is 0.667. The van der Waals surface area contributed by atoms with Crippen molar-refractivity contribution in [2.45, 2.75) is 33.2 Å². The Kier molecular flexibility index (Phi) is 5.40. The molecule has 1 aliphatic heterocycles. The Bertz CT molecular complexity index is 391. The van der Waals surface area contributed by atoms with Crippen molar-refractivity contribution in [3.05, 3.63) is 22.4 Å². The monoisotopic (exact) mass is 280 g/mol. The summed E-state index contributed by atoms with van der Waals surface area (Å²) in [5.41, 5.74) is 0. The minimum atomic E-state index is 0.296. The molecule has 19 heavy (non-hydrogen) atoms. The summed E-state index contributed by atoms with van der Waals surface area (Å²) < 4.78 is 0. The molecule has 1 fully saturated rings. The van der Waals surface area contributed by atoms with Crippen molar-refractivity contribution in [1.82, 2.24) is 9.80 Å². The van der Waals surface area contributed by atoms with E-state index in [9.17, 15) is 4.79 Å². The van der Waals surface area contributed by atoms with Gasteiger partial charge >= 0.3 is 0 Å². The maximum atomic E-state index is 12.3. The molecule has 1 unspecified atom stereocenters. The van der Waals surface area contributed by atoms with Gasteiger partial charge in [0.25, 0.3) is 0 Å². The van der Waals surface area contributed by atoms with E-state index in [1.807, 2.05) is 4.90 Å². The van der Waals surface area contributed by atoms with Gasteiger partial charge in [0, 0.05) is 24.5 Å². The number of carbonyl (C=O) groups excluding carboxylic acids is 1. The number of amides is 1. The molecule has 1 aliphatic rings. The highest BCUT2D eigenvalue weighted by molar-refractivity contribution is 7.09. The molecule has 0 bridgehead atoms. The highest BCUT2D eigenvalue weighted by atomic mass is 32.1. The van der Waals surface area contributed by atoms with Crippen LogP contribution in [0, 0.1) is 5.92 Å². The van der Waals surface area contributed by atoms with Crippen molar-refractivity contribution < 1.29 is 4.79 Å². The van der Waals surface area contributed by atoms with E-state index in [1.165, 1.54) is 11.3 Å². The van der Waals surface area contributed by atoms with Gasteiger partial charge in [-0.25, -0.2) is 0 Å². The van der Waals surface area contributed by atoms with E-state index in [0.29, 0.717) is 18.4 Å². The van der Waals surface area contributed by atoms with E-state index in [0.717, 1.165) is 32.6 Å². The maximum absolute atomic E-state index is 12.3. The van der Waals surface area contributed by atoms with Gasteiger partial charge in [-0.05, 0) is 36.8 Å². The van der Waals surface area contributed by atoms with Crippen molar-refractivity contribution in [3.63, 3.8) is 0 Å². The molecule has 2 rings (SSSR count). The van der Waals surface area contributed by atoms with Crippen LogP contribution in [-0.2, 0) is 11.3 Å². The summed E-state index contributed by atoms with van der Waals surface area (Å²) in [6.45, 7) is 8.62. The second-order valence-electron chi connectivity index (χ2n) is 5.47. The molecule has 1 aromatic rings. The van der Waals surface area contributed by atoms with E-state index in [2.05, 4.69) is 36.3 Å². The Morgan fingerprint density at radius 1 is 1.58 bits per heavy atom. The summed E-state index contributed by atoms with van der Waals surface area (Å²) in [7, 11) is 0. The molecule has 0 radical (unpaired) electrons. The van der Waals surface area contributed by atoms with Crippen LogP contribution < -0.4 is 0 Å². The first kappa shape index (κ1) is 14.5. The minimum Gasteiger partial charge on any atom is -0.341 e. The van der Waals surface area contributed by atoms with Crippen molar-refractivity contribution in [2.75, 3.05) is 26.2 Å². The van der Waals surface area contributed by atoms with Gasteiger partial charge in [0.2, 0.25) is 5.91 Å². The van der Waals surface area contributed by atoms with Crippen molar-refractivity contribution in [1.29, 1.82) is 0 Å². The largest absolute Gasteiger partial charge is 0.341 e. The van der Waals surface area contributed by atoms with Gasteiger partial charge in [0.05, 0.1) is 6.54 Å². The first-order valence-electron chi connectivity index (χ1n) is 7.21. The number of thiophene rings is 1. The zero-order chi connectivity index (χ0) is 13.7. The van der Waals surface area contributed by atoms with Crippen LogP contribution in [0.5, 0.6) is 0 Å². The normalized spacial score (nSPS) is 19.9. The van der Waals surface area contributed by atoms with Crippen LogP contribution in [0.3, 0.4) is 0 Å². The van der Waals surface area contributed by atoms with E-state index >= 15 is 0 Å². The van der Waals surface area contributed by atoms with Crippen LogP contribution in [0.15, 0.2) is 17.5 Å². The summed E-state index contributed by atoms with van der Waals surface area (Å²) in [6, 6.07) is 4.21. The predicted molar refractivity (Wildman–Crippen MR) is 80.2 cm³/mol. The molecule has 0 N–H and O–H groups in total. The molecular formula is C15H24N2OS. The van der Waals surface area contributed by atoms with Crippen LogP contribution in [0.4, 0.5) is 0 Å². The smallest absolute Gasteiger partial charge is 0.236 e. The van der Waals surface area contributed by atoms with Crippen LogP contribution in [0.1, 0.15) is 31.6 Å². The van der Waals surface area contributed by atoms with Crippen molar-refractivity contribution in [2.24, 2.45) is 5.92 Å². The van der Waals surface area contributed by atoms with Crippen LogP contribution in [0.25, 0.3) is 0 Å². The SMILES string of the molecule is CCN(CC(=O)N1CCCC(C)C1)Cc1cccs1. The second kappa shape index (κ2) is 7.06. The average Bonchev–Trinajstić information content (AvgIpc) is 2.90. The van der Waals surface area contributed by atoms with Gasteiger partial charge in [0.1, 0.15) is 0 Å². The standard InChI is InChI=1S/C15H24N2OS/c1-3-16(11-14-7-5-9-19-14)12-15(18)17-8-4-6-13(2)10-17/h5,7,9,13H,3-4,6,8,10-12H2,1-2H3. The molecule has 1 aromatic heterocycles. The fourth-order valence-corrected chi connectivity index (χ4v) is 3.36. The fourth-order valence-electron chi connectivity index (χ4n) is 2.61.